The molecule has 31 heavy (non-hydrogen) atoms. The summed E-state index contributed by atoms with van der Waals surface area (Å²) in [5.74, 6) is -1.28. The van der Waals surface area contributed by atoms with Gasteiger partial charge in [0, 0.05) is 30.8 Å². The standard InChI is InChI=1S/C24H32N2O5/c1-16-17(9-7-11-19(16)27)23(31)26(15-24(2,3)4)14-6-5-13-25-22(30)18-10-8-12-20(28)21(18)29/h7-12,27-29H,5-6,13-15H2,1-4H3,(H,25,30). The first-order valence-corrected chi connectivity index (χ1v) is 10.4. The number of carbonyl (C=O) groups is 2. The topological polar surface area (TPSA) is 110 Å². The zero-order valence-electron chi connectivity index (χ0n) is 18.6. The second-order valence-corrected chi connectivity index (χ2v) is 8.87. The lowest BCUT2D eigenvalue weighted by Crippen LogP contribution is -2.39. The van der Waals surface area contributed by atoms with E-state index < -0.39 is 11.7 Å². The summed E-state index contributed by atoms with van der Waals surface area (Å²) < 4.78 is 0. The van der Waals surface area contributed by atoms with E-state index in [0.29, 0.717) is 43.6 Å². The van der Waals surface area contributed by atoms with Gasteiger partial charge in [0.25, 0.3) is 11.8 Å². The largest absolute Gasteiger partial charge is 0.508 e. The SMILES string of the molecule is Cc1c(O)cccc1C(=O)N(CCCCNC(=O)c1cccc(O)c1O)CC(C)(C)C. The van der Waals surface area contributed by atoms with Gasteiger partial charge in [-0.2, -0.15) is 0 Å². The fourth-order valence-electron chi connectivity index (χ4n) is 3.29. The molecule has 7 heteroatoms. The Labute approximate surface area is 183 Å². The molecule has 0 aromatic heterocycles. The number of aromatic hydroxyl groups is 3. The quantitative estimate of drug-likeness (QED) is 0.378. The second-order valence-electron chi connectivity index (χ2n) is 8.87. The molecule has 2 rings (SSSR count). The predicted octanol–water partition coefficient (Wildman–Crippen LogP) is 3.81. The number of hydrogen-bond acceptors (Lipinski definition) is 5. The lowest BCUT2D eigenvalue weighted by atomic mass is 9.95. The Morgan fingerprint density at radius 3 is 2.19 bits per heavy atom. The highest BCUT2D eigenvalue weighted by atomic mass is 16.3. The van der Waals surface area contributed by atoms with Crippen molar-refractivity contribution in [2.45, 2.75) is 40.5 Å². The molecule has 0 radical (unpaired) electrons. The molecule has 2 amide bonds. The Kier molecular flexibility index (Phi) is 7.91. The number of phenols is 3. The van der Waals surface area contributed by atoms with Gasteiger partial charge in [0.1, 0.15) is 5.75 Å². The summed E-state index contributed by atoms with van der Waals surface area (Å²) in [4.78, 5) is 27.1. The second kappa shape index (κ2) is 10.2. The van der Waals surface area contributed by atoms with Crippen LogP contribution in [0.2, 0.25) is 0 Å². The first-order chi connectivity index (χ1) is 14.5. The van der Waals surface area contributed by atoms with Gasteiger partial charge in [-0.1, -0.05) is 32.9 Å². The van der Waals surface area contributed by atoms with Crippen LogP contribution in [0, 0.1) is 12.3 Å². The number of rotatable bonds is 8. The number of unbranched alkanes of at least 4 members (excludes halogenated alkanes) is 1. The van der Waals surface area contributed by atoms with Gasteiger partial charge in [0.15, 0.2) is 11.5 Å². The third kappa shape index (κ3) is 6.64. The summed E-state index contributed by atoms with van der Waals surface area (Å²) in [6.07, 6.45) is 1.31. The van der Waals surface area contributed by atoms with Crippen LogP contribution in [-0.4, -0.2) is 51.7 Å². The number of nitrogens with one attached hydrogen (secondary N) is 1. The third-order valence-electron chi connectivity index (χ3n) is 4.89. The first-order valence-electron chi connectivity index (χ1n) is 10.4. The summed E-state index contributed by atoms with van der Waals surface area (Å²) in [6, 6.07) is 9.18. The van der Waals surface area contributed by atoms with Crippen LogP contribution in [0.25, 0.3) is 0 Å². The van der Waals surface area contributed by atoms with Crippen molar-refractivity contribution >= 4 is 11.8 Å². The van der Waals surface area contributed by atoms with Crippen LogP contribution in [0.3, 0.4) is 0 Å². The molecule has 0 aliphatic carbocycles. The molecule has 168 valence electrons. The minimum atomic E-state index is -0.466. The highest BCUT2D eigenvalue weighted by Crippen LogP contribution is 2.28. The number of amides is 2. The molecule has 0 heterocycles. The van der Waals surface area contributed by atoms with E-state index in [1.54, 1.807) is 30.0 Å². The highest BCUT2D eigenvalue weighted by Gasteiger charge is 2.23. The Hall–Kier alpha value is -3.22. The van der Waals surface area contributed by atoms with Crippen molar-refractivity contribution in [1.29, 1.82) is 0 Å². The van der Waals surface area contributed by atoms with Gasteiger partial charge in [-0.3, -0.25) is 9.59 Å². The molecule has 0 aliphatic rings. The lowest BCUT2D eigenvalue weighted by Gasteiger charge is -2.30. The van der Waals surface area contributed by atoms with E-state index >= 15 is 0 Å². The summed E-state index contributed by atoms with van der Waals surface area (Å²) >= 11 is 0. The molecule has 7 nitrogen and oxygen atoms in total. The molecule has 0 atom stereocenters. The highest BCUT2D eigenvalue weighted by molar-refractivity contribution is 5.97. The van der Waals surface area contributed by atoms with Gasteiger partial charge in [-0.05, 0) is 49.4 Å². The van der Waals surface area contributed by atoms with Gasteiger partial charge >= 0.3 is 0 Å². The van der Waals surface area contributed by atoms with Crippen LogP contribution in [0.5, 0.6) is 17.2 Å². The molecule has 0 fully saturated rings. The minimum absolute atomic E-state index is 0.0175. The average Bonchev–Trinajstić information content (AvgIpc) is 2.69. The summed E-state index contributed by atoms with van der Waals surface area (Å²) in [5.41, 5.74) is 0.965. The Morgan fingerprint density at radius 2 is 1.55 bits per heavy atom. The maximum Gasteiger partial charge on any atom is 0.255 e. The van der Waals surface area contributed by atoms with E-state index in [1.807, 2.05) is 0 Å². The maximum absolute atomic E-state index is 13.1. The smallest absolute Gasteiger partial charge is 0.255 e. The van der Waals surface area contributed by atoms with Gasteiger partial charge in [-0.15, -0.1) is 0 Å². The fourth-order valence-corrected chi connectivity index (χ4v) is 3.29. The predicted molar refractivity (Wildman–Crippen MR) is 120 cm³/mol. The molecule has 0 bridgehead atoms. The van der Waals surface area contributed by atoms with Crippen molar-refractivity contribution < 1.29 is 24.9 Å². The molecule has 0 unspecified atom stereocenters. The number of para-hydroxylation sites is 1. The van der Waals surface area contributed by atoms with Gasteiger partial charge in [-0.25, -0.2) is 0 Å². The molecule has 4 N–H and O–H groups in total. The van der Waals surface area contributed by atoms with Crippen LogP contribution in [0.4, 0.5) is 0 Å². The minimum Gasteiger partial charge on any atom is -0.508 e. The van der Waals surface area contributed by atoms with Crippen molar-refractivity contribution in [2.75, 3.05) is 19.6 Å². The van der Waals surface area contributed by atoms with Crippen molar-refractivity contribution in [3.05, 3.63) is 53.1 Å². The first kappa shape index (κ1) is 24.1. The normalized spacial score (nSPS) is 11.2. The van der Waals surface area contributed by atoms with Crippen molar-refractivity contribution in [1.82, 2.24) is 10.2 Å². The molecule has 2 aromatic carbocycles. The van der Waals surface area contributed by atoms with Crippen molar-refractivity contribution in [2.24, 2.45) is 5.41 Å². The van der Waals surface area contributed by atoms with Crippen LogP contribution in [0.15, 0.2) is 36.4 Å². The number of phenolic OH excluding ortho intramolecular Hbond substituents is 3. The van der Waals surface area contributed by atoms with Crippen LogP contribution in [0.1, 0.15) is 59.9 Å². The summed E-state index contributed by atoms with van der Waals surface area (Å²) in [5, 5.41) is 32.0. The molecule has 2 aromatic rings. The van der Waals surface area contributed by atoms with E-state index in [2.05, 4.69) is 26.1 Å². The summed E-state index contributed by atoms with van der Waals surface area (Å²) in [7, 11) is 0. The molecule has 0 spiro atoms. The Morgan fingerprint density at radius 1 is 0.935 bits per heavy atom. The zero-order chi connectivity index (χ0) is 23.2. The van der Waals surface area contributed by atoms with Gasteiger partial charge in [0.2, 0.25) is 0 Å². The van der Waals surface area contributed by atoms with Crippen molar-refractivity contribution in [3.63, 3.8) is 0 Å². The molecule has 0 saturated carbocycles. The van der Waals surface area contributed by atoms with E-state index in [1.165, 1.54) is 18.2 Å². The molecular formula is C24H32N2O5. The monoisotopic (exact) mass is 428 g/mol. The van der Waals surface area contributed by atoms with E-state index in [0.717, 1.165) is 0 Å². The lowest BCUT2D eigenvalue weighted by molar-refractivity contribution is 0.0689. The molecular weight excluding hydrogens is 396 g/mol. The number of hydrogen-bond donors (Lipinski definition) is 4. The summed E-state index contributed by atoms with van der Waals surface area (Å²) in [6.45, 7) is 9.35. The Bertz CT molecular complexity index is 934. The average molecular weight is 429 g/mol. The maximum atomic E-state index is 13.1. The molecule has 0 saturated heterocycles. The van der Waals surface area contributed by atoms with E-state index in [-0.39, 0.29) is 28.4 Å². The van der Waals surface area contributed by atoms with Crippen LogP contribution < -0.4 is 5.32 Å². The van der Waals surface area contributed by atoms with E-state index in [9.17, 15) is 24.9 Å². The van der Waals surface area contributed by atoms with E-state index in [4.69, 9.17) is 0 Å². The third-order valence-corrected chi connectivity index (χ3v) is 4.89. The zero-order valence-corrected chi connectivity index (χ0v) is 18.6. The van der Waals surface area contributed by atoms with Crippen LogP contribution >= 0.6 is 0 Å². The van der Waals surface area contributed by atoms with Gasteiger partial charge in [0.05, 0.1) is 5.56 Å². The van der Waals surface area contributed by atoms with Crippen LogP contribution in [-0.2, 0) is 0 Å². The molecule has 0 aliphatic heterocycles. The number of carbonyl (C=O) groups excluding carboxylic acids is 2. The number of benzene rings is 2. The van der Waals surface area contributed by atoms with Crippen molar-refractivity contribution in [3.8, 4) is 17.2 Å². The fraction of sp³-hybridized carbons (Fsp3) is 0.417. The Balaban J connectivity index is 1.95. The van der Waals surface area contributed by atoms with Gasteiger partial charge < -0.3 is 25.5 Å². The number of nitrogens with zero attached hydrogens (tertiary/aromatic N) is 1.